The summed E-state index contributed by atoms with van der Waals surface area (Å²) in [5.74, 6) is 1.67. The fourth-order valence-electron chi connectivity index (χ4n) is 4.61. The maximum Gasteiger partial charge on any atom is 0.161 e. The minimum atomic E-state index is 0.718. The van der Waals surface area contributed by atoms with Crippen LogP contribution in [0.25, 0.3) is 33.1 Å². The lowest BCUT2D eigenvalue weighted by Crippen LogP contribution is -2.09. The summed E-state index contributed by atoms with van der Waals surface area (Å²) in [4.78, 5) is 9.58. The number of aromatic amines is 2. The highest BCUT2D eigenvalue weighted by atomic mass is 15.2. The average Bonchev–Trinajstić information content (AvgIpc) is 3.49. The van der Waals surface area contributed by atoms with E-state index in [-0.39, 0.29) is 0 Å². The summed E-state index contributed by atoms with van der Waals surface area (Å²) >= 11 is 0. The highest BCUT2D eigenvalue weighted by Crippen LogP contribution is 2.40. The number of anilines is 1. The maximum atomic E-state index is 5.12. The van der Waals surface area contributed by atoms with Crippen molar-refractivity contribution in [2.45, 2.75) is 32.6 Å². The standard InChI is InChI=1S/C22H21N7/c1-12-15(11-24-27-12)21-14-6-3-2-5-13(14)19-16(25-21)8-9-17-20(19)22(29-28-17)26-18-7-4-10-23-18/h4,7-9,11H,2-3,5-6,10H2,1H3,(H,24,27)(H2,23,26,28,29). The minimum Gasteiger partial charge on any atom is -0.323 e. The van der Waals surface area contributed by atoms with Gasteiger partial charge < -0.3 is 5.32 Å². The first-order valence-corrected chi connectivity index (χ1v) is 10.1. The molecule has 0 saturated carbocycles. The summed E-state index contributed by atoms with van der Waals surface area (Å²) in [6.45, 7) is 2.77. The first-order chi connectivity index (χ1) is 14.3. The van der Waals surface area contributed by atoms with Gasteiger partial charge in [-0.3, -0.25) is 15.2 Å². The van der Waals surface area contributed by atoms with Crippen molar-refractivity contribution in [1.82, 2.24) is 25.4 Å². The molecule has 3 N–H and O–H groups in total. The predicted molar refractivity (Wildman–Crippen MR) is 115 cm³/mol. The van der Waals surface area contributed by atoms with E-state index in [1.807, 2.05) is 18.3 Å². The lowest BCUT2D eigenvalue weighted by atomic mass is 9.85. The number of amidine groups is 1. The molecule has 1 aliphatic heterocycles. The Morgan fingerprint density at radius 3 is 2.72 bits per heavy atom. The lowest BCUT2D eigenvalue weighted by Gasteiger charge is -2.21. The Labute approximate surface area is 167 Å². The van der Waals surface area contributed by atoms with Gasteiger partial charge >= 0.3 is 0 Å². The van der Waals surface area contributed by atoms with Gasteiger partial charge in [0, 0.05) is 16.6 Å². The van der Waals surface area contributed by atoms with E-state index in [0.29, 0.717) is 0 Å². The van der Waals surface area contributed by atoms with Crippen LogP contribution in [0.1, 0.15) is 29.7 Å². The second-order valence-electron chi connectivity index (χ2n) is 7.74. The quantitative estimate of drug-likeness (QED) is 0.486. The summed E-state index contributed by atoms with van der Waals surface area (Å²) < 4.78 is 0. The minimum absolute atomic E-state index is 0.718. The second-order valence-corrected chi connectivity index (χ2v) is 7.74. The fraction of sp³-hybridized carbons (Fsp3) is 0.273. The number of rotatable bonds is 2. The summed E-state index contributed by atoms with van der Waals surface area (Å²) in [6, 6.07) is 4.16. The molecule has 1 aliphatic carbocycles. The van der Waals surface area contributed by atoms with Gasteiger partial charge in [0.15, 0.2) is 5.82 Å². The predicted octanol–water partition coefficient (Wildman–Crippen LogP) is 4.07. The van der Waals surface area contributed by atoms with Crippen molar-refractivity contribution in [3.8, 4) is 11.3 Å². The van der Waals surface area contributed by atoms with Crippen molar-refractivity contribution >= 4 is 33.5 Å². The molecule has 29 heavy (non-hydrogen) atoms. The Hall–Kier alpha value is -3.48. The molecule has 0 atom stereocenters. The zero-order valence-corrected chi connectivity index (χ0v) is 16.2. The Balaban J connectivity index is 1.66. The average molecular weight is 383 g/mol. The van der Waals surface area contributed by atoms with Crippen LogP contribution < -0.4 is 5.32 Å². The van der Waals surface area contributed by atoms with E-state index in [4.69, 9.17) is 4.98 Å². The first kappa shape index (κ1) is 16.5. The topological polar surface area (TPSA) is 94.6 Å². The van der Waals surface area contributed by atoms with E-state index in [1.165, 1.54) is 29.4 Å². The van der Waals surface area contributed by atoms with Gasteiger partial charge in [-0.1, -0.05) is 6.08 Å². The molecule has 7 nitrogen and oxygen atoms in total. The van der Waals surface area contributed by atoms with Crippen molar-refractivity contribution in [2.24, 2.45) is 4.99 Å². The molecule has 6 rings (SSSR count). The summed E-state index contributed by atoms with van der Waals surface area (Å²) in [7, 11) is 0. The molecule has 0 unspecified atom stereocenters. The molecule has 4 heterocycles. The van der Waals surface area contributed by atoms with Gasteiger partial charge in [-0.25, -0.2) is 4.98 Å². The third kappa shape index (κ3) is 2.50. The normalized spacial score (nSPS) is 15.8. The summed E-state index contributed by atoms with van der Waals surface area (Å²) in [5.41, 5.74) is 8.00. The van der Waals surface area contributed by atoms with Crippen LogP contribution >= 0.6 is 0 Å². The maximum absolute atomic E-state index is 5.12. The van der Waals surface area contributed by atoms with Gasteiger partial charge in [0.25, 0.3) is 0 Å². The van der Waals surface area contributed by atoms with Crippen molar-refractivity contribution in [3.63, 3.8) is 0 Å². The summed E-state index contributed by atoms with van der Waals surface area (Å²) in [6.07, 6.45) is 10.4. The molecule has 3 aromatic heterocycles. The zero-order chi connectivity index (χ0) is 19.4. The number of hydrogen-bond acceptors (Lipinski definition) is 5. The van der Waals surface area contributed by atoms with E-state index < -0.39 is 0 Å². The van der Waals surface area contributed by atoms with Crippen LogP contribution in [-0.4, -0.2) is 37.8 Å². The number of hydrogen-bond donors (Lipinski definition) is 3. The van der Waals surface area contributed by atoms with E-state index in [2.05, 4.69) is 49.8 Å². The number of fused-ring (bicyclic) bond motifs is 5. The molecule has 0 fully saturated rings. The lowest BCUT2D eigenvalue weighted by molar-refractivity contribution is 0.689. The van der Waals surface area contributed by atoms with Gasteiger partial charge in [-0.05, 0) is 61.9 Å². The Kier molecular flexibility index (Phi) is 3.56. The molecule has 0 amide bonds. The molecule has 0 spiro atoms. The fourth-order valence-corrected chi connectivity index (χ4v) is 4.61. The third-order valence-electron chi connectivity index (χ3n) is 5.97. The molecule has 144 valence electrons. The number of nitrogens with zero attached hydrogens (tertiary/aromatic N) is 4. The highest BCUT2D eigenvalue weighted by Gasteiger charge is 2.24. The van der Waals surface area contributed by atoms with E-state index in [9.17, 15) is 0 Å². The number of H-pyrrole nitrogens is 2. The largest absolute Gasteiger partial charge is 0.323 e. The van der Waals surface area contributed by atoms with Crippen molar-refractivity contribution in [2.75, 3.05) is 11.9 Å². The number of benzene rings is 1. The summed E-state index contributed by atoms with van der Waals surface area (Å²) in [5, 5.41) is 20.7. The molecule has 2 aliphatic rings. The van der Waals surface area contributed by atoms with Crippen LogP contribution in [0.15, 0.2) is 35.5 Å². The number of aromatic nitrogens is 5. The SMILES string of the molecule is Cc1[nH]ncc1-c1nc2ccc3[nH]nc(NC4=NCC=C4)c3c2c2c1CCCC2. The Morgan fingerprint density at radius 2 is 1.93 bits per heavy atom. The number of pyridine rings is 1. The van der Waals surface area contributed by atoms with Gasteiger partial charge in [0.1, 0.15) is 5.84 Å². The Morgan fingerprint density at radius 1 is 1.03 bits per heavy atom. The van der Waals surface area contributed by atoms with Crippen molar-refractivity contribution < 1.29 is 0 Å². The monoisotopic (exact) mass is 383 g/mol. The molecule has 0 bridgehead atoms. The van der Waals surface area contributed by atoms with Gasteiger partial charge in [-0.2, -0.15) is 10.2 Å². The molecule has 0 radical (unpaired) electrons. The Bertz CT molecular complexity index is 1320. The highest BCUT2D eigenvalue weighted by molar-refractivity contribution is 6.17. The van der Waals surface area contributed by atoms with Crippen molar-refractivity contribution in [3.05, 3.63) is 47.3 Å². The van der Waals surface area contributed by atoms with E-state index in [0.717, 1.165) is 64.4 Å². The van der Waals surface area contributed by atoms with Gasteiger partial charge in [-0.15, -0.1) is 0 Å². The van der Waals surface area contributed by atoms with Crippen LogP contribution in [0.5, 0.6) is 0 Å². The van der Waals surface area contributed by atoms with Gasteiger partial charge in [0.2, 0.25) is 0 Å². The molecule has 7 heteroatoms. The van der Waals surface area contributed by atoms with E-state index >= 15 is 0 Å². The number of aliphatic imine (C=N–C) groups is 1. The van der Waals surface area contributed by atoms with Gasteiger partial charge in [0.05, 0.1) is 34.9 Å². The third-order valence-corrected chi connectivity index (χ3v) is 5.97. The zero-order valence-electron chi connectivity index (χ0n) is 16.2. The molecule has 0 saturated heterocycles. The van der Waals surface area contributed by atoms with Crippen molar-refractivity contribution in [1.29, 1.82) is 0 Å². The van der Waals surface area contributed by atoms with Crippen LogP contribution in [0.4, 0.5) is 5.82 Å². The van der Waals surface area contributed by atoms with Crippen LogP contribution in [0.3, 0.4) is 0 Å². The van der Waals surface area contributed by atoms with E-state index in [1.54, 1.807) is 0 Å². The van der Waals surface area contributed by atoms with Crippen LogP contribution in [0.2, 0.25) is 0 Å². The van der Waals surface area contributed by atoms with Crippen LogP contribution in [0, 0.1) is 6.92 Å². The second kappa shape index (κ2) is 6.27. The molecular weight excluding hydrogens is 362 g/mol. The molecular formula is C22H21N7. The van der Waals surface area contributed by atoms with Crippen LogP contribution in [-0.2, 0) is 12.8 Å². The molecule has 4 aromatic rings. The molecule has 1 aromatic carbocycles. The first-order valence-electron chi connectivity index (χ1n) is 10.1. The smallest absolute Gasteiger partial charge is 0.161 e. The number of nitrogens with one attached hydrogen (secondary N) is 3. The number of aryl methyl sites for hydroxylation is 2.